The number of nitrogens with zero attached hydrogens (tertiary/aromatic N) is 4. The van der Waals surface area contributed by atoms with Gasteiger partial charge >= 0.3 is 0 Å². The van der Waals surface area contributed by atoms with E-state index in [0.717, 1.165) is 5.82 Å². The van der Waals surface area contributed by atoms with Crippen LogP contribution in [0.25, 0.3) is 0 Å². The van der Waals surface area contributed by atoms with Crippen molar-refractivity contribution >= 4 is 11.7 Å². The lowest BCUT2D eigenvalue weighted by atomic mass is 10.1. The zero-order valence-electron chi connectivity index (χ0n) is 15.2. The van der Waals surface area contributed by atoms with Crippen molar-refractivity contribution in [1.29, 1.82) is 0 Å². The number of amides is 1. The van der Waals surface area contributed by atoms with Crippen molar-refractivity contribution in [3.05, 3.63) is 78.1 Å². The summed E-state index contributed by atoms with van der Waals surface area (Å²) in [6, 6.07) is 19.1. The second kappa shape index (κ2) is 8.04. The minimum Gasteiger partial charge on any atom is -0.438 e. The van der Waals surface area contributed by atoms with Crippen LogP contribution in [0.5, 0.6) is 11.6 Å². The number of ether oxygens (including phenoxy) is 1. The maximum Gasteiger partial charge on any atom is 0.256 e. The van der Waals surface area contributed by atoms with Gasteiger partial charge in [-0.1, -0.05) is 30.3 Å². The predicted octanol–water partition coefficient (Wildman–Crippen LogP) is 3.37. The Balaban J connectivity index is 1.36. The Morgan fingerprint density at radius 1 is 0.857 bits per heavy atom. The predicted molar refractivity (Wildman–Crippen MR) is 103 cm³/mol. The van der Waals surface area contributed by atoms with E-state index in [1.807, 2.05) is 41.3 Å². The van der Waals surface area contributed by atoms with E-state index >= 15 is 0 Å². The highest BCUT2D eigenvalue weighted by Gasteiger charge is 2.24. The summed E-state index contributed by atoms with van der Waals surface area (Å²) in [6.45, 7) is 2.20. The number of para-hydroxylation sites is 1. The molecule has 0 saturated carbocycles. The molecule has 0 unspecified atom stereocenters. The molecule has 6 nitrogen and oxygen atoms in total. The summed E-state index contributed by atoms with van der Waals surface area (Å²) in [6.07, 6.45) is 0. The standard InChI is InChI=1S/C21H19FN4O2/c22-18-9-5-4-8-17(18)21(27)26-14-12-25(13-15-26)19-10-11-20(24-23-19)28-16-6-2-1-3-7-16/h1-11H,12-15H2. The Morgan fingerprint density at radius 2 is 1.57 bits per heavy atom. The largest absolute Gasteiger partial charge is 0.438 e. The van der Waals surface area contributed by atoms with Crippen molar-refractivity contribution in [3.63, 3.8) is 0 Å². The first-order valence-electron chi connectivity index (χ1n) is 9.06. The molecule has 1 aliphatic heterocycles. The van der Waals surface area contributed by atoms with Gasteiger partial charge in [0.15, 0.2) is 5.82 Å². The summed E-state index contributed by atoms with van der Waals surface area (Å²) in [5, 5.41) is 8.35. The molecule has 1 saturated heterocycles. The van der Waals surface area contributed by atoms with Crippen LogP contribution in [0.15, 0.2) is 66.7 Å². The van der Waals surface area contributed by atoms with Crippen LogP contribution in [0.3, 0.4) is 0 Å². The smallest absolute Gasteiger partial charge is 0.256 e. The molecule has 3 aromatic rings. The van der Waals surface area contributed by atoms with E-state index in [1.165, 1.54) is 12.1 Å². The summed E-state index contributed by atoms with van der Waals surface area (Å²) in [4.78, 5) is 16.2. The Kier molecular flexibility index (Phi) is 5.14. The number of carbonyl (C=O) groups is 1. The van der Waals surface area contributed by atoms with E-state index in [-0.39, 0.29) is 11.5 Å². The van der Waals surface area contributed by atoms with Gasteiger partial charge in [0.25, 0.3) is 5.91 Å². The summed E-state index contributed by atoms with van der Waals surface area (Å²) in [7, 11) is 0. The highest BCUT2D eigenvalue weighted by Crippen LogP contribution is 2.21. The van der Waals surface area contributed by atoms with Crippen molar-refractivity contribution in [2.45, 2.75) is 0 Å². The molecule has 1 aromatic heterocycles. The first kappa shape index (κ1) is 17.9. The van der Waals surface area contributed by atoms with Crippen molar-refractivity contribution < 1.29 is 13.9 Å². The van der Waals surface area contributed by atoms with Gasteiger partial charge in [-0.05, 0) is 30.3 Å². The topological polar surface area (TPSA) is 58.6 Å². The van der Waals surface area contributed by atoms with Gasteiger partial charge in [-0.2, -0.15) is 0 Å². The number of hydrogen-bond acceptors (Lipinski definition) is 5. The number of hydrogen-bond donors (Lipinski definition) is 0. The number of anilines is 1. The van der Waals surface area contributed by atoms with Crippen molar-refractivity contribution in [2.75, 3.05) is 31.1 Å². The number of rotatable bonds is 4. The van der Waals surface area contributed by atoms with Crippen LogP contribution in [0, 0.1) is 5.82 Å². The third-order valence-electron chi connectivity index (χ3n) is 4.59. The third kappa shape index (κ3) is 3.93. The highest BCUT2D eigenvalue weighted by atomic mass is 19.1. The molecule has 4 rings (SSSR count). The Bertz CT molecular complexity index is 942. The molecule has 1 amide bonds. The lowest BCUT2D eigenvalue weighted by Crippen LogP contribution is -2.49. The van der Waals surface area contributed by atoms with Gasteiger partial charge in [-0.3, -0.25) is 4.79 Å². The van der Waals surface area contributed by atoms with E-state index in [2.05, 4.69) is 10.2 Å². The molecule has 0 bridgehead atoms. The molecule has 7 heteroatoms. The number of aromatic nitrogens is 2. The molecular weight excluding hydrogens is 359 g/mol. The molecule has 2 aromatic carbocycles. The number of piperazine rings is 1. The van der Waals surface area contributed by atoms with Crippen molar-refractivity contribution in [2.24, 2.45) is 0 Å². The minimum absolute atomic E-state index is 0.109. The first-order valence-corrected chi connectivity index (χ1v) is 9.06. The molecule has 0 N–H and O–H groups in total. The van der Waals surface area contributed by atoms with Gasteiger partial charge in [0, 0.05) is 32.2 Å². The lowest BCUT2D eigenvalue weighted by Gasteiger charge is -2.35. The van der Waals surface area contributed by atoms with Crippen LogP contribution in [-0.4, -0.2) is 47.2 Å². The molecule has 1 fully saturated rings. The Morgan fingerprint density at radius 3 is 2.25 bits per heavy atom. The SMILES string of the molecule is O=C(c1ccccc1F)N1CCN(c2ccc(Oc3ccccc3)nn2)CC1. The molecule has 142 valence electrons. The van der Waals surface area contributed by atoms with E-state index in [4.69, 9.17) is 4.74 Å². The zero-order valence-corrected chi connectivity index (χ0v) is 15.2. The molecule has 0 aliphatic carbocycles. The summed E-state index contributed by atoms with van der Waals surface area (Å²) in [5.41, 5.74) is 0.109. The van der Waals surface area contributed by atoms with Crippen LogP contribution < -0.4 is 9.64 Å². The van der Waals surface area contributed by atoms with Crippen LogP contribution in [0.4, 0.5) is 10.2 Å². The minimum atomic E-state index is -0.491. The maximum absolute atomic E-state index is 13.8. The van der Waals surface area contributed by atoms with Gasteiger partial charge in [-0.25, -0.2) is 4.39 Å². The summed E-state index contributed by atoms with van der Waals surface area (Å²) >= 11 is 0. The number of halogens is 1. The third-order valence-corrected chi connectivity index (χ3v) is 4.59. The second-order valence-electron chi connectivity index (χ2n) is 6.40. The monoisotopic (exact) mass is 378 g/mol. The molecular formula is C21H19FN4O2. The quantitative estimate of drug-likeness (QED) is 0.697. The highest BCUT2D eigenvalue weighted by molar-refractivity contribution is 5.94. The summed E-state index contributed by atoms with van der Waals surface area (Å²) in [5.74, 6) is 1.07. The second-order valence-corrected chi connectivity index (χ2v) is 6.40. The van der Waals surface area contributed by atoms with Gasteiger partial charge in [0.2, 0.25) is 5.88 Å². The maximum atomic E-state index is 13.8. The molecule has 2 heterocycles. The van der Waals surface area contributed by atoms with Gasteiger partial charge in [0.05, 0.1) is 5.56 Å². The average Bonchev–Trinajstić information content (AvgIpc) is 2.75. The lowest BCUT2D eigenvalue weighted by molar-refractivity contribution is 0.0742. The summed E-state index contributed by atoms with van der Waals surface area (Å²) < 4.78 is 19.5. The van der Waals surface area contributed by atoms with E-state index in [0.29, 0.717) is 37.8 Å². The van der Waals surface area contributed by atoms with Crippen LogP contribution >= 0.6 is 0 Å². The van der Waals surface area contributed by atoms with Crippen molar-refractivity contribution in [1.82, 2.24) is 15.1 Å². The molecule has 0 spiro atoms. The Hall–Kier alpha value is -3.48. The number of benzene rings is 2. The fraction of sp³-hybridized carbons (Fsp3) is 0.190. The van der Waals surface area contributed by atoms with Crippen molar-refractivity contribution in [3.8, 4) is 11.6 Å². The van der Waals surface area contributed by atoms with Crippen LogP contribution in [0.1, 0.15) is 10.4 Å². The number of carbonyl (C=O) groups excluding carboxylic acids is 1. The zero-order chi connectivity index (χ0) is 19.3. The van der Waals surface area contributed by atoms with E-state index in [9.17, 15) is 9.18 Å². The molecule has 0 radical (unpaired) electrons. The Labute approximate surface area is 162 Å². The normalized spacial score (nSPS) is 14.0. The van der Waals surface area contributed by atoms with Gasteiger partial charge in [0.1, 0.15) is 11.6 Å². The fourth-order valence-electron chi connectivity index (χ4n) is 3.09. The van der Waals surface area contributed by atoms with Gasteiger partial charge in [-0.15, -0.1) is 10.2 Å². The fourth-order valence-corrected chi connectivity index (χ4v) is 3.09. The van der Waals surface area contributed by atoms with E-state index in [1.54, 1.807) is 23.1 Å². The van der Waals surface area contributed by atoms with Crippen LogP contribution in [0.2, 0.25) is 0 Å². The first-order chi connectivity index (χ1) is 13.7. The van der Waals surface area contributed by atoms with Crippen LogP contribution in [-0.2, 0) is 0 Å². The average molecular weight is 378 g/mol. The molecule has 0 atom stereocenters. The van der Waals surface area contributed by atoms with Gasteiger partial charge < -0.3 is 14.5 Å². The van der Waals surface area contributed by atoms with E-state index < -0.39 is 5.82 Å². The molecule has 28 heavy (non-hydrogen) atoms. The molecule has 1 aliphatic rings.